The van der Waals surface area contributed by atoms with Crippen LogP contribution >= 0.6 is 0 Å². The monoisotopic (exact) mass is 1030 g/mol. The number of nitrogens with zero attached hydrogens (tertiary/aromatic N) is 2. The number of furan rings is 1. The van der Waals surface area contributed by atoms with E-state index in [1.165, 1.54) is 102 Å². The lowest BCUT2D eigenvalue weighted by molar-refractivity contribution is 0.598. The first-order valence-electron chi connectivity index (χ1n) is 28.4. The summed E-state index contributed by atoms with van der Waals surface area (Å²) >= 11 is 0. The van der Waals surface area contributed by atoms with Crippen LogP contribution in [0.25, 0.3) is 116 Å². The smallest absolute Gasteiger partial charge is 0.143 e. The van der Waals surface area contributed by atoms with Gasteiger partial charge in [0.15, 0.2) is 0 Å². The maximum atomic E-state index is 6.52. The van der Waals surface area contributed by atoms with E-state index in [0.717, 1.165) is 62.2 Å². The molecule has 3 heteroatoms. The van der Waals surface area contributed by atoms with Crippen molar-refractivity contribution in [3.63, 3.8) is 0 Å². The topological polar surface area (TPSA) is 21.3 Å². The third-order valence-electron chi connectivity index (χ3n) is 16.6. The summed E-state index contributed by atoms with van der Waals surface area (Å²) in [5.74, 6) is 0.383. The van der Waals surface area contributed by atoms with Gasteiger partial charge in [-0.1, -0.05) is 239 Å². The van der Waals surface area contributed by atoms with Gasteiger partial charge in [-0.2, -0.15) is 0 Å². The molecule has 0 spiro atoms. The molecule has 80 heavy (non-hydrogen) atoms. The summed E-state index contributed by atoms with van der Waals surface area (Å²) < 4.78 is 8.93. The fourth-order valence-corrected chi connectivity index (χ4v) is 12.4. The van der Waals surface area contributed by atoms with Crippen molar-refractivity contribution in [2.24, 2.45) is 0 Å². The van der Waals surface area contributed by atoms with Crippen LogP contribution in [0.5, 0.6) is 0 Å². The Labute approximate surface area is 468 Å². The first-order valence-corrected chi connectivity index (χ1v) is 28.4. The van der Waals surface area contributed by atoms with E-state index in [2.05, 4.69) is 290 Å². The van der Waals surface area contributed by atoms with Crippen LogP contribution in [0.15, 0.2) is 277 Å². The number of fused-ring (bicyclic) bond motifs is 7. The molecule has 384 valence electrons. The Bertz CT molecular complexity index is 4470. The Morgan fingerprint density at radius 3 is 1.49 bits per heavy atom. The molecule has 0 aliphatic heterocycles. The largest absolute Gasteiger partial charge is 0.455 e. The number of benzene rings is 12. The van der Waals surface area contributed by atoms with Crippen molar-refractivity contribution in [3.05, 3.63) is 279 Å². The Kier molecular flexibility index (Phi) is 12.7. The average Bonchev–Trinajstić information content (AvgIpc) is 4.28. The predicted molar refractivity (Wildman–Crippen MR) is 340 cm³/mol. The molecule has 0 radical (unpaired) electrons. The zero-order valence-electron chi connectivity index (χ0n) is 45.2. The maximum absolute atomic E-state index is 6.52. The number of para-hydroxylation sites is 4. The van der Waals surface area contributed by atoms with Gasteiger partial charge in [0.25, 0.3) is 0 Å². The zero-order chi connectivity index (χ0) is 53.5. The highest BCUT2D eigenvalue weighted by Crippen LogP contribution is 2.46. The van der Waals surface area contributed by atoms with Crippen LogP contribution in [-0.4, -0.2) is 4.57 Å². The highest BCUT2D eigenvalue weighted by Gasteiger charge is 2.22. The van der Waals surface area contributed by atoms with Gasteiger partial charge in [-0.15, -0.1) is 0 Å². The maximum Gasteiger partial charge on any atom is 0.143 e. The molecule has 0 bridgehead atoms. The molecule has 2 aromatic heterocycles. The van der Waals surface area contributed by atoms with Crippen molar-refractivity contribution in [3.8, 4) is 61.3 Å². The second kappa shape index (κ2) is 20.9. The molecule has 14 rings (SSSR count). The van der Waals surface area contributed by atoms with E-state index in [4.69, 9.17) is 4.42 Å². The number of hydrogen-bond donors (Lipinski definition) is 0. The van der Waals surface area contributed by atoms with Gasteiger partial charge in [-0.25, -0.2) is 0 Å². The van der Waals surface area contributed by atoms with Gasteiger partial charge in [0.1, 0.15) is 11.2 Å². The van der Waals surface area contributed by atoms with Gasteiger partial charge in [0.05, 0.1) is 11.0 Å². The Morgan fingerprint density at radius 2 is 0.863 bits per heavy atom. The number of rotatable bonds is 14. The van der Waals surface area contributed by atoms with Crippen LogP contribution in [0.4, 0.5) is 17.1 Å². The molecule has 1 atom stereocenters. The second-order valence-electron chi connectivity index (χ2n) is 21.5. The molecule has 0 saturated heterocycles. The summed E-state index contributed by atoms with van der Waals surface area (Å²) in [5.41, 5.74) is 21.9. The van der Waals surface area contributed by atoms with Crippen molar-refractivity contribution < 1.29 is 4.42 Å². The quantitative estimate of drug-likeness (QED) is 0.101. The number of unbranched alkanes of at least 4 members (excludes halogenated alkanes) is 2. The summed E-state index contributed by atoms with van der Waals surface area (Å²) in [4.78, 5) is 2.39. The van der Waals surface area contributed by atoms with Gasteiger partial charge < -0.3 is 13.9 Å². The van der Waals surface area contributed by atoms with E-state index < -0.39 is 0 Å². The summed E-state index contributed by atoms with van der Waals surface area (Å²) in [6.45, 7) is 4.71. The molecule has 1 unspecified atom stereocenters. The third kappa shape index (κ3) is 8.82. The van der Waals surface area contributed by atoms with Gasteiger partial charge in [-0.3, -0.25) is 0 Å². The summed E-state index contributed by atoms with van der Waals surface area (Å²) in [5, 5.41) is 7.28. The lowest BCUT2D eigenvalue weighted by Gasteiger charge is -2.27. The molecule has 3 nitrogen and oxygen atoms in total. The molecule has 0 saturated carbocycles. The van der Waals surface area contributed by atoms with Gasteiger partial charge in [-0.05, 0) is 145 Å². The van der Waals surface area contributed by atoms with Crippen molar-refractivity contribution >= 4 is 71.6 Å². The second-order valence-corrected chi connectivity index (χ2v) is 21.5. The van der Waals surface area contributed by atoms with Gasteiger partial charge in [0.2, 0.25) is 0 Å². The first-order chi connectivity index (χ1) is 39.6. The van der Waals surface area contributed by atoms with E-state index in [9.17, 15) is 0 Å². The highest BCUT2D eigenvalue weighted by atomic mass is 16.3. The molecule has 0 N–H and O–H groups in total. The van der Waals surface area contributed by atoms with Gasteiger partial charge >= 0.3 is 0 Å². The van der Waals surface area contributed by atoms with Crippen LogP contribution in [0.3, 0.4) is 0 Å². The van der Waals surface area contributed by atoms with E-state index in [1.54, 1.807) is 0 Å². The molecular weight excluding hydrogens is 969 g/mol. The third-order valence-corrected chi connectivity index (χ3v) is 16.6. The summed E-state index contributed by atoms with van der Waals surface area (Å²) in [7, 11) is 0. The van der Waals surface area contributed by atoms with Crippen molar-refractivity contribution in [1.29, 1.82) is 0 Å². The van der Waals surface area contributed by atoms with Crippen LogP contribution in [-0.2, 0) is 0 Å². The molecule has 14 aromatic rings. The molecule has 12 aromatic carbocycles. The lowest BCUT2D eigenvalue weighted by Crippen LogP contribution is -2.10. The SMILES string of the molecule is CCCCCC(C)c1cc(-c2ccc(N(c3ccc(-c4cccc5ccccc45)cc3)c3ccc(-c4cccc5c4oc4ccccc45)cc3)cc2)c(-c2ccccc2)c(-c2ccc(-n3c4ccccc4c4ccccc43)cc2)c1. The van der Waals surface area contributed by atoms with E-state index in [1.807, 2.05) is 6.07 Å². The molecular formula is C77H60N2O. The molecule has 0 aliphatic carbocycles. The molecule has 0 fully saturated rings. The van der Waals surface area contributed by atoms with E-state index >= 15 is 0 Å². The van der Waals surface area contributed by atoms with Crippen LogP contribution in [0.1, 0.15) is 51.0 Å². The van der Waals surface area contributed by atoms with E-state index in [0.29, 0.717) is 5.92 Å². The minimum Gasteiger partial charge on any atom is -0.455 e. The summed E-state index contributed by atoms with van der Waals surface area (Å²) in [6.07, 6.45) is 4.79. The fourth-order valence-electron chi connectivity index (χ4n) is 12.4. The Balaban J connectivity index is 0.890. The minimum absolute atomic E-state index is 0.383. The van der Waals surface area contributed by atoms with E-state index in [-0.39, 0.29) is 0 Å². The number of anilines is 3. The number of aromatic nitrogens is 1. The predicted octanol–water partition coefficient (Wildman–Crippen LogP) is 22.3. The average molecular weight is 1030 g/mol. The standard InChI is InChI=1S/C77H60N2O/c1-3-4-6-19-52(2)59-50-71(76(58-21-7-5-8-22-58)72(51-59)57-40-48-63(49-41-57)79-73-31-14-11-25-67(73)68-26-12-15-32-74(68)79)56-38-46-62(47-39-56)78(60-42-34-54(35-43-60)65-28-17-23-53-20-9-10-24-64(53)65)61-44-36-55(37-45-61)66-29-18-30-70-69-27-13-16-33-75(69)80-77(66)70/h5,7-18,20-52H,3-4,6,19H2,1-2H3. The zero-order valence-corrected chi connectivity index (χ0v) is 45.2. The van der Waals surface area contributed by atoms with Crippen molar-refractivity contribution in [2.75, 3.05) is 4.90 Å². The minimum atomic E-state index is 0.383. The lowest BCUT2D eigenvalue weighted by atomic mass is 9.82. The molecule has 0 amide bonds. The highest BCUT2D eigenvalue weighted by molar-refractivity contribution is 6.11. The van der Waals surface area contributed by atoms with Crippen LogP contribution in [0, 0.1) is 0 Å². The van der Waals surface area contributed by atoms with Crippen molar-refractivity contribution in [2.45, 2.75) is 45.4 Å². The van der Waals surface area contributed by atoms with Gasteiger partial charge in [0, 0.05) is 49.9 Å². The Morgan fingerprint density at radius 1 is 0.388 bits per heavy atom. The molecule has 2 heterocycles. The van der Waals surface area contributed by atoms with Crippen LogP contribution in [0.2, 0.25) is 0 Å². The Hall–Kier alpha value is -9.70. The molecule has 0 aliphatic rings. The van der Waals surface area contributed by atoms with Crippen LogP contribution < -0.4 is 4.90 Å². The fraction of sp³-hybridized carbons (Fsp3) is 0.0909. The summed E-state index contributed by atoms with van der Waals surface area (Å²) in [6, 6.07) is 100. The first kappa shape index (κ1) is 48.7. The normalized spacial score (nSPS) is 12.0. The number of hydrogen-bond acceptors (Lipinski definition) is 2. The van der Waals surface area contributed by atoms with Crippen molar-refractivity contribution in [1.82, 2.24) is 4.57 Å².